The second kappa shape index (κ2) is 3.66. The van der Waals surface area contributed by atoms with Crippen LogP contribution < -0.4 is 5.32 Å². The highest BCUT2D eigenvalue weighted by Gasteiger charge is 2.44. The van der Waals surface area contributed by atoms with E-state index in [0.717, 1.165) is 12.8 Å². The van der Waals surface area contributed by atoms with Gasteiger partial charge in [-0.05, 0) is 33.1 Å². The fourth-order valence-electron chi connectivity index (χ4n) is 1.93. The van der Waals surface area contributed by atoms with Gasteiger partial charge in [-0.1, -0.05) is 0 Å². The van der Waals surface area contributed by atoms with Crippen molar-refractivity contribution in [3.8, 4) is 0 Å². The molecule has 0 aromatic carbocycles. The van der Waals surface area contributed by atoms with E-state index in [2.05, 4.69) is 19.2 Å². The van der Waals surface area contributed by atoms with Crippen molar-refractivity contribution < 1.29 is 4.79 Å². The zero-order chi connectivity index (χ0) is 10.1. The molecule has 0 saturated heterocycles. The Morgan fingerprint density at radius 1 is 1.38 bits per heavy atom. The molecule has 1 fully saturated rings. The van der Waals surface area contributed by atoms with Crippen LogP contribution in [0.15, 0.2) is 0 Å². The molecule has 1 rings (SSSR count). The highest BCUT2D eigenvalue weighted by Crippen LogP contribution is 2.33. The maximum absolute atomic E-state index is 11.8. The van der Waals surface area contributed by atoms with E-state index in [1.165, 1.54) is 6.42 Å². The van der Waals surface area contributed by atoms with Crippen LogP contribution in [0.5, 0.6) is 0 Å². The summed E-state index contributed by atoms with van der Waals surface area (Å²) in [6.45, 7) is 4.17. The molecule has 3 heteroatoms. The molecular weight excluding hydrogens is 164 g/mol. The van der Waals surface area contributed by atoms with Crippen molar-refractivity contribution in [3.63, 3.8) is 0 Å². The minimum absolute atomic E-state index is 0.229. The van der Waals surface area contributed by atoms with E-state index in [1.54, 1.807) is 4.90 Å². The van der Waals surface area contributed by atoms with Crippen LogP contribution in [0.2, 0.25) is 0 Å². The standard InChI is InChI=1S/C10H20N2O/c1-8(2)11-10(6-5-7-10)9(13)12(3)4/h8,11H,5-7H2,1-4H3. The predicted molar refractivity (Wildman–Crippen MR) is 53.5 cm³/mol. The van der Waals surface area contributed by atoms with E-state index in [1.807, 2.05) is 14.1 Å². The number of carbonyl (C=O) groups is 1. The Labute approximate surface area is 80.5 Å². The number of amides is 1. The summed E-state index contributed by atoms with van der Waals surface area (Å²) in [5.74, 6) is 0.229. The van der Waals surface area contributed by atoms with Crippen LogP contribution >= 0.6 is 0 Å². The molecule has 0 bridgehead atoms. The fourth-order valence-corrected chi connectivity index (χ4v) is 1.93. The van der Waals surface area contributed by atoms with Gasteiger partial charge >= 0.3 is 0 Å². The maximum atomic E-state index is 11.8. The predicted octanol–water partition coefficient (Wildman–Crippen LogP) is 0.995. The zero-order valence-electron chi connectivity index (χ0n) is 9.05. The molecule has 1 amide bonds. The summed E-state index contributed by atoms with van der Waals surface area (Å²) >= 11 is 0. The number of hydrogen-bond donors (Lipinski definition) is 1. The second-order valence-electron chi connectivity index (χ2n) is 4.43. The molecule has 1 N–H and O–H groups in total. The molecule has 0 unspecified atom stereocenters. The zero-order valence-corrected chi connectivity index (χ0v) is 9.05. The van der Waals surface area contributed by atoms with Crippen molar-refractivity contribution in [1.82, 2.24) is 10.2 Å². The molecule has 0 aromatic heterocycles. The van der Waals surface area contributed by atoms with E-state index in [-0.39, 0.29) is 11.4 Å². The molecule has 0 heterocycles. The van der Waals surface area contributed by atoms with Gasteiger partial charge < -0.3 is 10.2 Å². The van der Waals surface area contributed by atoms with Crippen molar-refractivity contribution in [2.75, 3.05) is 14.1 Å². The largest absolute Gasteiger partial charge is 0.347 e. The molecule has 0 spiro atoms. The van der Waals surface area contributed by atoms with E-state index < -0.39 is 0 Å². The van der Waals surface area contributed by atoms with Gasteiger partial charge in [-0.15, -0.1) is 0 Å². The first-order chi connectivity index (χ1) is 5.98. The minimum Gasteiger partial charge on any atom is -0.347 e. The molecule has 0 atom stereocenters. The SMILES string of the molecule is CC(C)NC1(C(=O)N(C)C)CCC1. The van der Waals surface area contributed by atoms with Gasteiger partial charge in [-0.2, -0.15) is 0 Å². The van der Waals surface area contributed by atoms with Crippen LogP contribution in [-0.4, -0.2) is 36.5 Å². The van der Waals surface area contributed by atoms with E-state index in [0.29, 0.717) is 6.04 Å². The second-order valence-corrected chi connectivity index (χ2v) is 4.43. The third-order valence-electron chi connectivity index (χ3n) is 2.59. The van der Waals surface area contributed by atoms with Crippen molar-refractivity contribution >= 4 is 5.91 Å². The molecule has 13 heavy (non-hydrogen) atoms. The van der Waals surface area contributed by atoms with Crippen molar-refractivity contribution in [2.45, 2.75) is 44.7 Å². The van der Waals surface area contributed by atoms with Crippen LogP contribution in [-0.2, 0) is 4.79 Å². The molecule has 0 aromatic rings. The number of likely N-dealkylation sites (N-methyl/N-ethyl adjacent to an activating group) is 1. The Morgan fingerprint density at radius 3 is 2.15 bits per heavy atom. The number of nitrogens with zero attached hydrogens (tertiary/aromatic N) is 1. The summed E-state index contributed by atoms with van der Waals surface area (Å²) < 4.78 is 0. The van der Waals surface area contributed by atoms with Gasteiger partial charge in [-0.25, -0.2) is 0 Å². The van der Waals surface area contributed by atoms with Crippen LogP contribution in [0.25, 0.3) is 0 Å². The number of carbonyl (C=O) groups excluding carboxylic acids is 1. The first-order valence-corrected chi connectivity index (χ1v) is 4.97. The van der Waals surface area contributed by atoms with E-state index in [4.69, 9.17) is 0 Å². The Hall–Kier alpha value is -0.570. The highest BCUT2D eigenvalue weighted by atomic mass is 16.2. The average molecular weight is 184 g/mol. The number of hydrogen-bond acceptors (Lipinski definition) is 2. The van der Waals surface area contributed by atoms with Gasteiger partial charge in [0.15, 0.2) is 0 Å². The lowest BCUT2D eigenvalue weighted by molar-refractivity contribution is -0.139. The molecule has 1 saturated carbocycles. The smallest absolute Gasteiger partial charge is 0.242 e. The summed E-state index contributed by atoms with van der Waals surface area (Å²) in [6.07, 6.45) is 3.14. The summed E-state index contributed by atoms with van der Waals surface area (Å²) in [6, 6.07) is 0.379. The average Bonchev–Trinajstić information content (AvgIpc) is 1.95. The van der Waals surface area contributed by atoms with Crippen LogP contribution in [0.1, 0.15) is 33.1 Å². The van der Waals surface area contributed by atoms with Gasteiger partial charge in [0.05, 0.1) is 5.54 Å². The Bertz CT molecular complexity index is 195. The monoisotopic (exact) mass is 184 g/mol. The Kier molecular flexibility index (Phi) is 2.96. The number of rotatable bonds is 3. The van der Waals surface area contributed by atoms with E-state index >= 15 is 0 Å². The topological polar surface area (TPSA) is 32.3 Å². The molecule has 0 radical (unpaired) electrons. The summed E-state index contributed by atoms with van der Waals surface area (Å²) in [5, 5.41) is 3.38. The van der Waals surface area contributed by atoms with Crippen molar-refractivity contribution in [2.24, 2.45) is 0 Å². The first kappa shape index (κ1) is 10.5. The summed E-state index contributed by atoms with van der Waals surface area (Å²) in [5.41, 5.74) is -0.238. The van der Waals surface area contributed by atoms with Crippen molar-refractivity contribution in [1.29, 1.82) is 0 Å². The summed E-state index contributed by atoms with van der Waals surface area (Å²) in [4.78, 5) is 13.5. The third-order valence-corrected chi connectivity index (χ3v) is 2.59. The lowest BCUT2D eigenvalue weighted by Crippen LogP contribution is -2.62. The number of nitrogens with one attached hydrogen (secondary N) is 1. The third kappa shape index (κ3) is 2.02. The maximum Gasteiger partial charge on any atom is 0.242 e. The van der Waals surface area contributed by atoms with Gasteiger partial charge in [-0.3, -0.25) is 4.79 Å². The lowest BCUT2D eigenvalue weighted by atomic mass is 9.75. The molecule has 76 valence electrons. The molecule has 1 aliphatic rings. The summed E-state index contributed by atoms with van der Waals surface area (Å²) in [7, 11) is 3.65. The lowest BCUT2D eigenvalue weighted by Gasteiger charge is -2.44. The van der Waals surface area contributed by atoms with Crippen LogP contribution in [0.4, 0.5) is 0 Å². The van der Waals surface area contributed by atoms with Crippen molar-refractivity contribution in [3.05, 3.63) is 0 Å². The van der Waals surface area contributed by atoms with E-state index in [9.17, 15) is 4.79 Å². The van der Waals surface area contributed by atoms with Crippen LogP contribution in [0.3, 0.4) is 0 Å². The molecule has 1 aliphatic carbocycles. The Balaban J connectivity index is 2.64. The quantitative estimate of drug-likeness (QED) is 0.709. The van der Waals surface area contributed by atoms with Gasteiger partial charge in [0.2, 0.25) is 5.91 Å². The molecule has 0 aliphatic heterocycles. The van der Waals surface area contributed by atoms with Crippen LogP contribution in [0, 0.1) is 0 Å². The fraction of sp³-hybridized carbons (Fsp3) is 0.900. The normalized spacial score (nSPS) is 19.8. The van der Waals surface area contributed by atoms with Gasteiger partial charge in [0.25, 0.3) is 0 Å². The first-order valence-electron chi connectivity index (χ1n) is 4.97. The van der Waals surface area contributed by atoms with Gasteiger partial charge in [0, 0.05) is 20.1 Å². The molecular formula is C10H20N2O. The van der Waals surface area contributed by atoms with Gasteiger partial charge in [0.1, 0.15) is 0 Å². The molecule has 3 nitrogen and oxygen atoms in total. The minimum atomic E-state index is -0.238. The Morgan fingerprint density at radius 2 is 1.92 bits per heavy atom. The highest BCUT2D eigenvalue weighted by molar-refractivity contribution is 5.87.